The van der Waals surface area contributed by atoms with Gasteiger partial charge in [0.05, 0.1) is 4.88 Å². The van der Waals surface area contributed by atoms with Crippen molar-refractivity contribution in [1.82, 2.24) is 9.97 Å². The van der Waals surface area contributed by atoms with E-state index in [0.29, 0.717) is 0 Å². The van der Waals surface area contributed by atoms with Crippen LogP contribution in [0.25, 0.3) is 10.7 Å². The van der Waals surface area contributed by atoms with Crippen LogP contribution < -0.4 is 5.73 Å². The molecule has 0 spiro atoms. The van der Waals surface area contributed by atoms with Crippen molar-refractivity contribution in [2.75, 3.05) is 0 Å². The summed E-state index contributed by atoms with van der Waals surface area (Å²) in [7, 11) is 0. The van der Waals surface area contributed by atoms with Gasteiger partial charge in [-0.05, 0) is 45.6 Å². The smallest absolute Gasteiger partial charge is 0.170 e. The third-order valence-corrected chi connectivity index (χ3v) is 5.37. The van der Waals surface area contributed by atoms with Gasteiger partial charge in [0.25, 0.3) is 0 Å². The van der Waals surface area contributed by atoms with Crippen molar-refractivity contribution in [3.8, 4) is 10.7 Å². The van der Waals surface area contributed by atoms with Crippen LogP contribution in [0.4, 0.5) is 0 Å². The van der Waals surface area contributed by atoms with E-state index < -0.39 is 0 Å². The molecule has 1 aliphatic carbocycles. The van der Waals surface area contributed by atoms with E-state index in [1.54, 1.807) is 11.3 Å². The predicted molar refractivity (Wildman–Crippen MR) is 82.1 cm³/mol. The largest absolute Gasteiger partial charge is 0.324 e. The summed E-state index contributed by atoms with van der Waals surface area (Å²) in [6.45, 7) is 4.50. The topological polar surface area (TPSA) is 51.8 Å². The molecule has 0 saturated heterocycles. The Labute approximate surface area is 125 Å². The van der Waals surface area contributed by atoms with Crippen LogP contribution in [0.5, 0.6) is 0 Å². The molecule has 1 aliphatic rings. The first-order valence-electron chi connectivity index (χ1n) is 6.31. The molecule has 0 bridgehead atoms. The molecular weight excluding hydrogens is 322 g/mol. The van der Waals surface area contributed by atoms with Crippen LogP contribution in [0.15, 0.2) is 22.1 Å². The summed E-state index contributed by atoms with van der Waals surface area (Å²) in [5.74, 6) is 0.797. The number of aromatic nitrogens is 2. The van der Waals surface area contributed by atoms with Gasteiger partial charge in [-0.3, -0.25) is 0 Å². The lowest BCUT2D eigenvalue weighted by molar-refractivity contribution is 0.278. The summed E-state index contributed by atoms with van der Waals surface area (Å²) in [6, 6.07) is 2.08. The highest BCUT2D eigenvalue weighted by Gasteiger charge is 2.31. The second-order valence-electron chi connectivity index (χ2n) is 5.84. The quantitative estimate of drug-likeness (QED) is 0.857. The van der Waals surface area contributed by atoms with Gasteiger partial charge in [-0.25, -0.2) is 9.97 Å². The first-order chi connectivity index (χ1) is 8.96. The Morgan fingerprint density at radius 2 is 2.26 bits per heavy atom. The molecule has 1 atom stereocenters. The van der Waals surface area contributed by atoms with Gasteiger partial charge in [-0.2, -0.15) is 0 Å². The summed E-state index contributed by atoms with van der Waals surface area (Å²) in [5.41, 5.74) is 8.66. The summed E-state index contributed by atoms with van der Waals surface area (Å²) in [4.78, 5) is 10.3. The van der Waals surface area contributed by atoms with Crippen molar-refractivity contribution in [2.24, 2.45) is 11.1 Å². The van der Waals surface area contributed by atoms with Gasteiger partial charge in [0.15, 0.2) is 5.82 Å². The minimum atomic E-state index is 0.0552. The third-order valence-electron chi connectivity index (χ3n) is 3.54. The highest BCUT2D eigenvalue weighted by Crippen LogP contribution is 2.39. The highest BCUT2D eigenvalue weighted by molar-refractivity contribution is 9.10. The van der Waals surface area contributed by atoms with E-state index in [1.807, 2.05) is 17.6 Å². The van der Waals surface area contributed by atoms with Gasteiger partial charge in [-0.1, -0.05) is 13.8 Å². The highest BCUT2D eigenvalue weighted by atomic mass is 79.9. The van der Waals surface area contributed by atoms with Gasteiger partial charge in [-0.15, -0.1) is 11.3 Å². The zero-order valence-corrected chi connectivity index (χ0v) is 13.4. The maximum atomic E-state index is 6.23. The fourth-order valence-corrected chi connectivity index (χ4v) is 4.16. The van der Waals surface area contributed by atoms with E-state index in [9.17, 15) is 0 Å². The van der Waals surface area contributed by atoms with Gasteiger partial charge in [0, 0.05) is 28.0 Å². The van der Waals surface area contributed by atoms with Crippen molar-refractivity contribution in [2.45, 2.75) is 32.7 Å². The first kappa shape index (κ1) is 13.2. The van der Waals surface area contributed by atoms with Crippen LogP contribution in [0.3, 0.4) is 0 Å². The van der Waals surface area contributed by atoms with E-state index in [4.69, 9.17) is 10.7 Å². The van der Waals surface area contributed by atoms with Crippen molar-refractivity contribution in [1.29, 1.82) is 0 Å². The molecule has 100 valence electrons. The first-order valence-corrected chi connectivity index (χ1v) is 7.98. The lowest BCUT2D eigenvalue weighted by Crippen LogP contribution is -2.30. The molecule has 0 amide bonds. The molecule has 1 unspecified atom stereocenters. The molecule has 0 fully saturated rings. The summed E-state index contributed by atoms with van der Waals surface area (Å²) >= 11 is 5.19. The molecule has 0 saturated carbocycles. The number of thiophene rings is 1. The number of hydrogen-bond acceptors (Lipinski definition) is 4. The van der Waals surface area contributed by atoms with Crippen LogP contribution in [0.2, 0.25) is 0 Å². The summed E-state index contributed by atoms with van der Waals surface area (Å²) in [5, 5.41) is 2.04. The zero-order chi connectivity index (χ0) is 13.6. The molecule has 0 aliphatic heterocycles. The standard InChI is InChI=1S/C14H16BrN3S/c1-14(2)5-10(16)8-7-17-13(18-11(8)6-14)12-9(15)3-4-19-12/h3-4,7,10H,5-6,16H2,1-2H3. The molecule has 0 aromatic carbocycles. The lowest BCUT2D eigenvalue weighted by atomic mass is 9.74. The van der Waals surface area contributed by atoms with Crippen LogP contribution in [-0.4, -0.2) is 9.97 Å². The Morgan fingerprint density at radius 1 is 1.47 bits per heavy atom. The van der Waals surface area contributed by atoms with Gasteiger partial charge >= 0.3 is 0 Å². The number of rotatable bonds is 1. The number of halogens is 1. The second-order valence-corrected chi connectivity index (χ2v) is 7.62. The molecule has 2 heterocycles. The Bertz CT molecular complexity index is 621. The normalized spacial score (nSPS) is 21.2. The molecule has 0 radical (unpaired) electrons. The van der Waals surface area contributed by atoms with Crippen LogP contribution in [0, 0.1) is 5.41 Å². The van der Waals surface area contributed by atoms with Crippen LogP contribution >= 0.6 is 27.3 Å². The van der Waals surface area contributed by atoms with E-state index in [2.05, 4.69) is 34.8 Å². The van der Waals surface area contributed by atoms with E-state index in [-0.39, 0.29) is 11.5 Å². The number of fused-ring (bicyclic) bond motifs is 1. The minimum Gasteiger partial charge on any atom is -0.324 e. The van der Waals surface area contributed by atoms with Crippen molar-refractivity contribution in [3.63, 3.8) is 0 Å². The fraction of sp³-hybridized carbons (Fsp3) is 0.429. The fourth-order valence-electron chi connectivity index (χ4n) is 2.67. The van der Waals surface area contributed by atoms with Crippen molar-refractivity contribution >= 4 is 27.3 Å². The van der Waals surface area contributed by atoms with Gasteiger partial charge in [0.2, 0.25) is 0 Å². The molecule has 19 heavy (non-hydrogen) atoms. The monoisotopic (exact) mass is 337 g/mol. The van der Waals surface area contributed by atoms with E-state index in [0.717, 1.165) is 39.3 Å². The van der Waals surface area contributed by atoms with Crippen molar-refractivity contribution < 1.29 is 0 Å². The molecular formula is C14H16BrN3S. The second kappa shape index (κ2) is 4.65. The summed E-state index contributed by atoms with van der Waals surface area (Å²) < 4.78 is 1.05. The van der Waals surface area contributed by atoms with Gasteiger partial charge < -0.3 is 5.73 Å². The Hall–Kier alpha value is -0.780. The molecule has 2 N–H and O–H groups in total. The molecule has 2 aromatic heterocycles. The van der Waals surface area contributed by atoms with Crippen LogP contribution in [0.1, 0.15) is 37.6 Å². The maximum absolute atomic E-state index is 6.23. The SMILES string of the molecule is CC1(C)Cc2nc(-c3sccc3Br)ncc2C(N)C1. The number of nitrogens with two attached hydrogens (primary N) is 1. The Morgan fingerprint density at radius 3 is 2.95 bits per heavy atom. The van der Waals surface area contributed by atoms with E-state index in [1.165, 1.54) is 0 Å². The number of hydrogen-bond donors (Lipinski definition) is 1. The summed E-state index contributed by atoms with van der Waals surface area (Å²) in [6.07, 6.45) is 3.86. The molecule has 3 nitrogen and oxygen atoms in total. The average molecular weight is 338 g/mol. The maximum Gasteiger partial charge on any atom is 0.170 e. The zero-order valence-electron chi connectivity index (χ0n) is 11.0. The molecule has 3 rings (SSSR count). The predicted octanol–water partition coefficient (Wildman–Crippen LogP) is 3.94. The third kappa shape index (κ3) is 2.47. The van der Waals surface area contributed by atoms with E-state index >= 15 is 0 Å². The number of nitrogens with zero attached hydrogens (tertiary/aromatic N) is 2. The van der Waals surface area contributed by atoms with Gasteiger partial charge in [0.1, 0.15) is 0 Å². The van der Waals surface area contributed by atoms with Crippen molar-refractivity contribution in [3.05, 3.63) is 33.4 Å². The lowest BCUT2D eigenvalue weighted by Gasteiger charge is -2.34. The molecule has 5 heteroatoms. The molecule has 2 aromatic rings. The Kier molecular flexibility index (Phi) is 3.23. The van der Waals surface area contributed by atoms with Crippen LogP contribution in [-0.2, 0) is 6.42 Å². The minimum absolute atomic E-state index is 0.0552. The Balaban J connectivity index is 2.07. The average Bonchev–Trinajstić information content (AvgIpc) is 2.73.